The SMILES string of the molecule is Brc1ccc(CCN(Cc2ncn[nH]2)Cc2nncn2CC#Cc2ccccc2)cc1. The Morgan fingerprint density at radius 3 is 2.65 bits per heavy atom. The fraction of sp³-hybridized carbons (Fsp3) is 0.217. The Morgan fingerprint density at radius 1 is 1.03 bits per heavy atom. The van der Waals surface area contributed by atoms with Gasteiger partial charge in [0.25, 0.3) is 0 Å². The Hall–Kier alpha value is -3.28. The van der Waals surface area contributed by atoms with Crippen LogP contribution in [0.25, 0.3) is 0 Å². The number of hydrogen-bond donors (Lipinski definition) is 1. The van der Waals surface area contributed by atoms with Gasteiger partial charge in [-0.15, -0.1) is 10.2 Å². The minimum atomic E-state index is 0.542. The molecule has 1 N–H and O–H groups in total. The Bertz CT molecular complexity index is 1130. The molecule has 0 amide bonds. The average molecular weight is 476 g/mol. The molecule has 7 nitrogen and oxygen atoms in total. The van der Waals surface area contributed by atoms with Gasteiger partial charge in [0, 0.05) is 16.6 Å². The largest absolute Gasteiger partial charge is 0.305 e. The van der Waals surface area contributed by atoms with Crippen molar-refractivity contribution in [2.24, 2.45) is 0 Å². The van der Waals surface area contributed by atoms with Crippen LogP contribution in [-0.2, 0) is 26.1 Å². The summed E-state index contributed by atoms with van der Waals surface area (Å²) in [5, 5.41) is 15.3. The van der Waals surface area contributed by atoms with E-state index in [4.69, 9.17) is 0 Å². The summed E-state index contributed by atoms with van der Waals surface area (Å²) in [6.45, 7) is 2.69. The van der Waals surface area contributed by atoms with Crippen LogP contribution >= 0.6 is 15.9 Å². The molecule has 0 bridgehead atoms. The molecule has 0 radical (unpaired) electrons. The summed E-state index contributed by atoms with van der Waals surface area (Å²) in [6.07, 6.45) is 4.18. The Kier molecular flexibility index (Phi) is 7.21. The van der Waals surface area contributed by atoms with E-state index < -0.39 is 0 Å². The number of halogens is 1. The number of aromatic amines is 1. The van der Waals surface area contributed by atoms with E-state index in [2.05, 4.69) is 82.3 Å². The third kappa shape index (κ3) is 6.35. The minimum Gasteiger partial charge on any atom is -0.305 e. The molecule has 0 aliphatic carbocycles. The highest BCUT2D eigenvalue weighted by Gasteiger charge is 2.13. The second-order valence-electron chi connectivity index (χ2n) is 7.06. The van der Waals surface area contributed by atoms with E-state index in [9.17, 15) is 0 Å². The molecule has 8 heteroatoms. The van der Waals surface area contributed by atoms with Crippen LogP contribution in [0.5, 0.6) is 0 Å². The predicted octanol–water partition coefficient (Wildman–Crippen LogP) is 3.46. The highest BCUT2D eigenvalue weighted by atomic mass is 79.9. The van der Waals surface area contributed by atoms with Crippen molar-refractivity contribution in [3.05, 3.63) is 94.5 Å². The summed E-state index contributed by atoms with van der Waals surface area (Å²) in [7, 11) is 0. The zero-order valence-electron chi connectivity index (χ0n) is 16.9. The van der Waals surface area contributed by atoms with Gasteiger partial charge in [-0.25, -0.2) is 4.98 Å². The maximum atomic E-state index is 4.33. The molecule has 2 heterocycles. The second-order valence-corrected chi connectivity index (χ2v) is 7.98. The van der Waals surface area contributed by atoms with E-state index in [1.165, 1.54) is 11.9 Å². The smallest absolute Gasteiger partial charge is 0.147 e. The highest BCUT2D eigenvalue weighted by molar-refractivity contribution is 9.10. The van der Waals surface area contributed by atoms with Gasteiger partial charge in [-0.3, -0.25) is 10.00 Å². The van der Waals surface area contributed by atoms with E-state index in [-0.39, 0.29) is 0 Å². The van der Waals surface area contributed by atoms with Gasteiger partial charge < -0.3 is 4.57 Å². The van der Waals surface area contributed by atoms with Crippen molar-refractivity contribution in [1.82, 2.24) is 34.8 Å². The monoisotopic (exact) mass is 475 g/mol. The molecule has 2 aromatic carbocycles. The summed E-state index contributed by atoms with van der Waals surface area (Å²) in [4.78, 5) is 6.56. The average Bonchev–Trinajstić information content (AvgIpc) is 3.46. The number of hydrogen-bond acceptors (Lipinski definition) is 5. The van der Waals surface area contributed by atoms with Gasteiger partial charge in [0.15, 0.2) is 0 Å². The van der Waals surface area contributed by atoms with Crippen LogP contribution in [0.3, 0.4) is 0 Å². The van der Waals surface area contributed by atoms with Crippen LogP contribution in [0.2, 0.25) is 0 Å². The fourth-order valence-electron chi connectivity index (χ4n) is 3.15. The predicted molar refractivity (Wildman–Crippen MR) is 122 cm³/mol. The van der Waals surface area contributed by atoms with E-state index in [0.717, 1.165) is 34.7 Å². The first-order valence-electron chi connectivity index (χ1n) is 9.98. The Labute approximate surface area is 189 Å². The van der Waals surface area contributed by atoms with Crippen molar-refractivity contribution >= 4 is 15.9 Å². The van der Waals surface area contributed by atoms with Crippen LogP contribution in [0, 0.1) is 11.8 Å². The van der Waals surface area contributed by atoms with Gasteiger partial charge >= 0.3 is 0 Å². The summed E-state index contributed by atoms with van der Waals surface area (Å²) in [5.41, 5.74) is 2.28. The number of rotatable bonds is 8. The molecule has 0 atom stereocenters. The number of nitrogens with zero attached hydrogens (tertiary/aromatic N) is 6. The molecule has 2 aromatic heterocycles. The molecular weight excluding hydrogens is 454 g/mol. The van der Waals surface area contributed by atoms with Crippen molar-refractivity contribution in [1.29, 1.82) is 0 Å². The normalized spacial score (nSPS) is 10.8. The molecular formula is C23H22BrN7. The second kappa shape index (κ2) is 10.7. The first-order chi connectivity index (χ1) is 15.3. The minimum absolute atomic E-state index is 0.542. The summed E-state index contributed by atoms with van der Waals surface area (Å²) in [5.74, 6) is 8.09. The van der Waals surface area contributed by atoms with E-state index in [1.807, 2.05) is 34.9 Å². The number of aromatic nitrogens is 6. The standard InChI is InChI=1S/C23H22BrN7/c24-21-10-8-20(9-11-21)12-14-30(15-22-25-17-26-28-22)16-23-29-27-18-31(23)13-4-7-19-5-2-1-3-6-19/h1-3,5-6,8-11,17-18H,12-16H2,(H,25,26,28). The van der Waals surface area contributed by atoms with Crippen molar-refractivity contribution < 1.29 is 0 Å². The van der Waals surface area contributed by atoms with Crippen molar-refractivity contribution in [3.8, 4) is 11.8 Å². The lowest BCUT2D eigenvalue weighted by atomic mass is 10.1. The third-order valence-electron chi connectivity index (χ3n) is 4.78. The lowest BCUT2D eigenvalue weighted by molar-refractivity contribution is 0.244. The van der Waals surface area contributed by atoms with Crippen LogP contribution < -0.4 is 0 Å². The van der Waals surface area contributed by atoms with Crippen molar-refractivity contribution in [3.63, 3.8) is 0 Å². The van der Waals surface area contributed by atoms with Crippen LogP contribution in [0.4, 0.5) is 0 Å². The van der Waals surface area contributed by atoms with Crippen molar-refractivity contribution in [2.75, 3.05) is 6.54 Å². The maximum Gasteiger partial charge on any atom is 0.147 e. The van der Waals surface area contributed by atoms with Crippen LogP contribution in [0.1, 0.15) is 22.8 Å². The fourth-order valence-corrected chi connectivity index (χ4v) is 3.42. The molecule has 0 fully saturated rings. The molecule has 156 valence electrons. The summed E-state index contributed by atoms with van der Waals surface area (Å²) >= 11 is 3.49. The van der Waals surface area contributed by atoms with E-state index >= 15 is 0 Å². The van der Waals surface area contributed by atoms with E-state index in [1.54, 1.807) is 6.33 Å². The zero-order valence-corrected chi connectivity index (χ0v) is 18.5. The summed E-state index contributed by atoms with van der Waals surface area (Å²) < 4.78 is 3.07. The van der Waals surface area contributed by atoms with Gasteiger partial charge in [-0.1, -0.05) is 58.1 Å². The Morgan fingerprint density at radius 2 is 1.87 bits per heavy atom. The molecule has 4 aromatic rings. The maximum absolute atomic E-state index is 4.33. The molecule has 4 rings (SSSR count). The molecule has 31 heavy (non-hydrogen) atoms. The topological polar surface area (TPSA) is 75.5 Å². The lowest BCUT2D eigenvalue weighted by Gasteiger charge is -2.20. The molecule has 0 saturated carbocycles. The molecule has 0 unspecified atom stereocenters. The molecule has 0 aliphatic rings. The Balaban J connectivity index is 1.43. The highest BCUT2D eigenvalue weighted by Crippen LogP contribution is 2.13. The molecule has 0 saturated heterocycles. The molecule has 0 aliphatic heterocycles. The van der Waals surface area contributed by atoms with Crippen LogP contribution in [-0.4, -0.2) is 41.4 Å². The van der Waals surface area contributed by atoms with Gasteiger partial charge in [0.05, 0.1) is 19.6 Å². The number of benzene rings is 2. The first-order valence-corrected chi connectivity index (χ1v) is 10.8. The van der Waals surface area contributed by atoms with Gasteiger partial charge in [0.2, 0.25) is 0 Å². The quantitative estimate of drug-likeness (QED) is 0.395. The van der Waals surface area contributed by atoms with Gasteiger partial charge in [-0.2, -0.15) is 5.10 Å². The lowest BCUT2D eigenvalue weighted by Crippen LogP contribution is -2.27. The summed E-state index contributed by atoms with van der Waals surface area (Å²) in [6, 6.07) is 18.4. The van der Waals surface area contributed by atoms with E-state index in [0.29, 0.717) is 19.6 Å². The number of H-pyrrole nitrogens is 1. The van der Waals surface area contributed by atoms with Crippen molar-refractivity contribution in [2.45, 2.75) is 26.1 Å². The van der Waals surface area contributed by atoms with Gasteiger partial charge in [-0.05, 0) is 36.2 Å². The molecule has 0 spiro atoms. The number of nitrogens with one attached hydrogen (secondary N) is 1. The van der Waals surface area contributed by atoms with Gasteiger partial charge in [0.1, 0.15) is 24.3 Å². The first kappa shape index (κ1) is 21.0. The zero-order chi connectivity index (χ0) is 21.3. The van der Waals surface area contributed by atoms with Crippen LogP contribution in [0.15, 0.2) is 71.7 Å². The third-order valence-corrected chi connectivity index (χ3v) is 5.31.